The lowest BCUT2D eigenvalue weighted by Crippen LogP contribution is -2.04. The van der Waals surface area contributed by atoms with Crippen molar-refractivity contribution >= 4 is 12.3 Å². The smallest absolute Gasteiger partial charge is 0.298 e. The molecule has 0 radical (unpaired) electrons. The molecule has 0 amide bonds. The van der Waals surface area contributed by atoms with Crippen LogP contribution in [0.15, 0.2) is 24.3 Å². The molecule has 0 aliphatic carbocycles. The summed E-state index contributed by atoms with van der Waals surface area (Å²) in [6.45, 7) is 1.21. The molecule has 4 heteroatoms. The third-order valence-electron chi connectivity index (χ3n) is 1.29. The molecule has 0 heterocycles. The Labute approximate surface area is 75.0 Å². The van der Waals surface area contributed by atoms with E-state index in [-0.39, 0.29) is 5.75 Å². The largest absolute Gasteiger partial charge is 0.352 e. The van der Waals surface area contributed by atoms with Gasteiger partial charge in [0.2, 0.25) is 0 Å². The molecule has 0 saturated heterocycles. The summed E-state index contributed by atoms with van der Waals surface area (Å²) in [4.78, 5) is 29.7. The number of aldehydes is 1. The molecule has 0 bridgehead atoms. The highest BCUT2D eigenvalue weighted by molar-refractivity contribution is 5.79. The van der Waals surface area contributed by atoms with Crippen molar-refractivity contribution < 1.29 is 19.4 Å². The van der Waals surface area contributed by atoms with E-state index in [1.807, 2.05) is 0 Å². The van der Waals surface area contributed by atoms with Gasteiger partial charge in [-0.05, 0) is 12.1 Å². The number of rotatable bonds is 3. The molecule has 0 fully saturated rings. The van der Waals surface area contributed by atoms with Crippen LogP contribution in [0.5, 0.6) is 5.75 Å². The Morgan fingerprint density at radius 1 is 1.38 bits per heavy atom. The zero-order valence-corrected chi connectivity index (χ0v) is 7.02. The minimum absolute atomic E-state index is 0.229. The molecule has 0 aromatic heterocycles. The van der Waals surface area contributed by atoms with Crippen molar-refractivity contribution in [3.05, 3.63) is 29.8 Å². The van der Waals surface area contributed by atoms with Crippen LogP contribution in [0.1, 0.15) is 17.3 Å². The predicted octanol–water partition coefficient (Wildman–Crippen LogP) is 1.36. The molecule has 0 N–H and O–H groups in total. The maximum absolute atomic E-state index is 10.5. The summed E-state index contributed by atoms with van der Waals surface area (Å²) < 4.78 is 0. The third-order valence-corrected chi connectivity index (χ3v) is 1.29. The molecule has 4 nitrogen and oxygen atoms in total. The number of para-hydroxylation sites is 1. The standard InChI is InChI=1S/C9H8O4/c1-7(11)12-13-9-5-3-2-4-8(9)6-10/h2-6H,1H3. The zero-order valence-electron chi connectivity index (χ0n) is 7.02. The molecule has 0 aliphatic heterocycles. The zero-order chi connectivity index (χ0) is 9.68. The normalized spacial score (nSPS) is 9.00. The Hall–Kier alpha value is -1.84. The van der Waals surface area contributed by atoms with E-state index in [9.17, 15) is 9.59 Å². The molecule has 0 saturated carbocycles. The van der Waals surface area contributed by atoms with Crippen molar-refractivity contribution in [3.63, 3.8) is 0 Å². The Morgan fingerprint density at radius 3 is 2.69 bits per heavy atom. The van der Waals surface area contributed by atoms with Gasteiger partial charge in [-0.1, -0.05) is 12.1 Å². The van der Waals surface area contributed by atoms with Crippen molar-refractivity contribution in [1.82, 2.24) is 0 Å². The van der Waals surface area contributed by atoms with Crippen molar-refractivity contribution in [2.24, 2.45) is 0 Å². The molecule has 0 unspecified atom stereocenters. The first-order valence-corrected chi connectivity index (χ1v) is 3.63. The fourth-order valence-electron chi connectivity index (χ4n) is 0.757. The van der Waals surface area contributed by atoms with Gasteiger partial charge in [0.05, 0.1) is 5.56 Å². The van der Waals surface area contributed by atoms with E-state index >= 15 is 0 Å². The second kappa shape index (κ2) is 4.25. The minimum atomic E-state index is -0.569. The topological polar surface area (TPSA) is 52.6 Å². The quantitative estimate of drug-likeness (QED) is 0.400. The molecule has 1 aromatic carbocycles. The van der Waals surface area contributed by atoms with Gasteiger partial charge in [-0.2, -0.15) is 0 Å². The van der Waals surface area contributed by atoms with Crippen LogP contribution in [-0.2, 0) is 9.68 Å². The summed E-state index contributed by atoms with van der Waals surface area (Å²) in [5.41, 5.74) is 0.337. The molecule has 0 spiro atoms. The fraction of sp³-hybridized carbons (Fsp3) is 0.111. The number of hydrogen-bond donors (Lipinski definition) is 0. The molecule has 0 atom stereocenters. The van der Waals surface area contributed by atoms with Crippen LogP contribution in [0.25, 0.3) is 0 Å². The van der Waals surface area contributed by atoms with E-state index in [1.165, 1.54) is 13.0 Å². The van der Waals surface area contributed by atoms with Gasteiger partial charge in [-0.25, -0.2) is 4.79 Å². The maximum Gasteiger partial charge on any atom is 0.352 e. The number of carbonyl (C=O) groups excluding carboxylic acids is 2. The lowest BCUT2D eigenvalue weighted by Gasteiger charge is -2.03. The average Bonchev–Trinajstić information content (AvgIpc) is 2.15. The van der Waals surface area contributed by atoms with Crippen LogP contribution < -0.4 is 4.89 Å². The molecule has 0 aliphatic rings. The van der Waals surface area contributed by atoms with Crippen LogP contribution in [0.3, 0.4) is 0 Å². The highest BCUT2D eigenvalue weighted by Crippen LogP contribution is 2.15. The van der Waals surface area contributed by atoms with Gasteiger partial charge in [0.15, 0.2) is 12.0 Å². The van der Waals surface area contributed by atoms with Gasteiger partial charge >= 0.3 is 5.97 Å². The van der Waals surface area contributed by atoms with Crippen LogP contribution in [0, 0.1) is 0 Å². The summed E-state index contributed by atoms with van der Waals surface area (Å²) in [6.07, 6.45) is 0.624. The second-order valence-corrected chi connectivity index (χ2v) is 2.31. The number of carbonyl (C=O) groups is 2. The van der Waals surface area contributed by atoms with Gasteiger partial charge < -0.3 is 0 Å². The summed E-state index contributed by atoms with van der Waals surface area (Å²) >= 11 is 0. The van der Waals surface area contributed by atoms with Crippen LogP contribution in [0.4, 0.5) is 0 Å². The minimum Gasteiger partial charge on any atom is -0.298 e. The summed E-state index contributed by atoms with van der Waals surface area (Å²) in [5.74, 6) is -0.339. The molecule has 68 valence electrons. The average molecular weight is 180 g/mol. The van der Waals surface area contributed by atoms with Gasteiger partial charge in [-0.15, -0.1) is 0 Å². The van der Waals surface area contributed by atoms with E-state index in [1.54, 1.807) is 18.2 Å². The molecule has 1 aromatic rings. The van der Waals surface area contributed by atoms with Crippen molar-refractivity contribution in [3.8, 4) is 5.75 Å². The number of benzene rings is 1. The van der Waals surface area contributed by atoms with Crippen LogP contribution >= 0.6 is 0 Å². The van der Waals surface area contributed by atoms with E-state index in [0.29, 0.717) is 11.8 Å². The molecular weight excluding hydrogens is 172 g/mol. The monoisotopic (exact) mass is 180 g/mol. The molecule has 1 rings (SSSR count). The third kappa shape index (κ3) is 2.59. The highest BCUT2D eigenvalue weighted by Gasteiger charge is 2.03. The molecular formula is C9H8O4. The van der Waals surface area contributed by atoms with Gasteiger partial charge in [0.25, 0.3) is 0 Å². The van der Waals surface area contributed by atoms with E-state index < -0.39 is 5.97 Å². The van der Waals surface area contributed by atoms with Crippen molar-refractivity contribution in [1.29, 1.82) is 0 Å². The predicted molar refractivity (Wildman–Crippen MR) is 44.2 cm³/mol. The summed E-state index contributed by atoms with van der Waals surface area (Å²) in [5, 5.41) is 0. The Kier molecular flexibility index (Phi) is 3.03. The van der Waals surface area contributed by atoms with Gasteiger partial charge in [-0.3, -0.25) is 14.6 Å². The summed E-state index contributed by atoms with van der Waals surface area (Å²) in [7, 11) is 0. The lowest BCUT2D eigenvalue weighted by atomic mass is 10.2. The van der Waals surface area contributed by atoms with E-state index in [0.717, 1.165) is 0 Å². The first-order valence-electron chi connectivity index (χ1n) is 3.63. The Bertz CT molecular complexity index is 319. The van der Waals surface area contributed by atoms with Crippen LogP contribution in [-0.4, -0.2) is 12.3 Å². The number of hydrogen-bond acceptors (Lipinski definition) is 4. The van der Waals surface area contributed by atoms with Gasteiger partial charge in [0, 0.05) is 6.92 Å². The first-order chi connectivity index (χ1) is 6.24. The Morgan fingerprint density at radius 2 is 2.08 bits per heavy atom. The highest BCUT2D eigenvalue weighted by atomic mass is 17.2. The lowest BCUT2D eigenvalue weighted by molar-refractivity contribution is -0.210. The van der Waals surface area contributed by atoms with Gasteiger partial charge in [0.1, 0.15) is 0 Å². The van der Waals surface area contributed by atoms with E-state index in [2.05, 4.69) is 9.78 Å². The van der Waals surface area contributed by atoms with Crippen molar-refractivity contribution in [2.45, 2.75) is 6.92 Å². The van der Waals surface area contributed by atoms with Crippen molar-refractivity contribution in [2.75, 3.05) is 0 Å². The SMILES string of the molecule is CC(=O)OOc1ccccc1C=O. The Balaban J connectivity index is 2.75. The molecule has 13 heavy (non-hydrogen) atoms. The first kappa shape index (κ1) is 9.25. The fourth-order valence-corrected chi connectivity index (χ4v) is 0.757. The van der Waals surface area contributed by atoms with E-state index in [4.69, 9.17) is 0 Å². The second-order valence-electron chi connectivity index (χ2n) is 2.31. The summed E-state index contributed by atoms with van der Waals surface area (Å²) in [6, 6.07) is 6.45. The van der Waals surface area contributed by atoms with Crippen LogP contribution in [0.2, 0.25) is 0 Å². The maximum atomic E-state index is 10.5.